The highest BCUT2D eigenvalue weighted by molar-refractivity contribution is 5.82. The third kappa shape index (κ3) is 3.09. The molecular weight excluding hydrogens is 238 g/mol. The van der Waals surface area contributed by atoms with E-state index < -0.39 is 0 Å². The normalized spacial score (nSPS) is 31.0. The van der Waals surface area contributed by atoms with Gasteiger partial charge in [-0.15, -0.1) is 0 Å². The minimum atomic E-state index is -0.246. The summed E-state index contributed by atoms with van der Waals surface area (Å²) in [5, 5.41) is 8.98. The van der Waals surface area contributed by atoms with Gasteiger partial charge >= 0.3 is 0 Å². The molecule has 1 saturated carbocycles. The van der Waals surface area contributed by atoms with Crippen LogP contribution in [0, 0.1) is 11.3 Å². The number of likely N-dealkylation sites (N-methyl/N-ethyl adjacent to an activating group) is 1. The summed E-state index contributed by atoms with van der Waals surface area (Å²) in [7, 11) is 1.98. The highest BCUT2D eigenvalue weighted by Crippen LogP contribution is 2.27. The van der Waals surface area contributed by atoms with Crippen molar-refractivity contribution in [1.29, 1.82) is 5.26 Å². The largest absolute Gasteiger partial charge is 0.338 e. The van der Waals surface area contributed by atoms with Crippen LogP contribution in [-0.4, -0.2) is 47.4 Å². The van der Waals surface area contributed by atoms with Crippen LogP contribution >= 0.6 is 0 Å². The van der Waals surface area contributed by atoms with E-state index >= 15 is 0 Å². The zero-order chi connectivity index (χ0) is 13.8. The number of rotatable bonds is 2. The molecule has 0 radical (unpaired) electrons. The summed E-state index contributed by atoms with van der Waals surface area (Å²) < 4.78 is 0. The first kappa shape index (κ1) is 14.3. The molecular formula is C15H25N3O. The number of amides is 1. The molecule has 0 aromatic heterocycles. The van der Waals surface area contributed by atoms with E-state index in [1.807, 2.05) is 7.05 Å². The molecule has 1 saturated heterocycles. The van der Waals surface area contributed by atoms with Crippen LogP contribution in [0.5, 0.6) is 0 Å². The second-order valence-corrected chi connectivity index (χ2v) is 6.00. The molecule has 0 spiro atoms. The second-order valence-electron chi connectivity index (χ2n) is 6.00. The lowest BCUT2D eigenvalue weighted by atomic mass is 9.93. The molecule has 4 nitrogen and oxygen atoms in total. The Morgan fingerprint density at radius 1 is 1.26 bits per heavy atom. The summed E-state index contributed by atoms with van der Waals surface area (Å²) in [6.07, 6.45) is 7.39. The maximum absolute atomic E-state index is 12.7. The van der Waals surface area contributed by atoms with Gasteiger partial charge in [0.25, 0.3) is 0 Å². The molecule has 2 atom stereocenters. The first-order valence-corrected chi connectivity index (χ1v) is 7.54. The van der Waals surface area contributed by atoms with Gasteiger partial charge in [-0.25, -0.2) is 0 Å². The molecule has 2 rings (SSSR count). The van der Waals surface area contributed by atoms with Crippen molar-refractivity contribution in [3.05, 3.63) is 0 Å². The van der Waals surface area contributed by atoms with E-state index in [1.165, 1.54) is 19.3 Å². The maximum atomic E-state index is 12.7. The molecule has 1 heterocycles. The Kier molecular flexibility index (Phi) is 4.81. The summed E-state index contributed by atoms with van der Waals surface area (Å²) in [6, 6.07) is 2.72. The summed E-state index contributed by atoms with van der Waals surface area (Å²) in [4.78, 5) is 16.9. The van der Waals surface area contributed by atoms with Crippen LogP contribution in [0.2, 0.25) is 0 Å². The maximum Gasteiger partial charge on any atom is 0.241 e. The Hall–Kier alpha value is -1.08. The number of carbonyl (C=O) groups is 1. The molecule has 2 unspecified atom stereocenters. The molecule has 106 valence electrons. The summed E-state index contributed by atoms with van der Waals surface area (Å²) in [5.41, 5.74) is 0. The van der Waals surface area contributed by atoms with Gasteiger partial charge in [0, 0.05) is 18.6 Å². The number of nitrogens with zero attached hydrogens (tertiary/aromatic N) is 3. The van der Waals surface area contributed by atoms with E-state index in [1.54, 1.807) is 0 Å². The molecule has 1 aliphatic heterocycles. The van der Waals surface area contributed by atoms with E-state index in [2.05, 4.69) is 22.8 Å². The zero-order valence-corrected chi connectivity index (χ0v) is 12.1. The number of hydrogen-bond donors (Lipinski definition) is 0. The van der Waals surface area contributed by atoms with Gasteiger partial charge in [0.05, 0.1) is 12.5 Å². The predicted octanol–water partition coefficient (Wildman–Crippen LogP) is 2.15. The lowest BCUT2D eigenvalue weighted by Crippen LogP contribution is -2.49. The molecule has 0 aromatic carbocycles. The van der Waals surface area contributed by atoms with Crippen molar-refractivity contribution in [3.8, 4) is 6.07 Å². The zero-order valence-electron chi connectivity index (χ0n) is 12.1. The first-order valence-electron chi connectivity index (χ1n) is 7.54. The minimum absolute atomic E-state index is 0.181. The fourth-order valence-corrected chi connectivity index (χ4v) is 3.39. The van der Waals surface area contributed by atoms with E-state index in [-0.39, 0.29) is 11.9 Å². The quantitative estimate of drug-likeness (QED) is 0.767. The minimum Gasteiger partial charge on any atom is -0.338 e. The Bertz CT molecular complexity index is 357. The molecule has 0 N–H and O–H groups in total. The first-order chi connectivity index (χ1) is 9.15. The van der Waals surface area contributed by atoms with Gasteiger partial charge in [-0.1, -0.05) is 19.3 Å². The van der Waals surface area contributed by atoms with Crippen molar-refractivity contribution in [2.24, 2.45) is 0 Å². The highest BCUT2D eigenvalue weighted by Gasteiger charge is 2.36. The molecule has 2 aliphatic rings. The van der Waals surface area contributed by atoms with Crippen LogP contribution in [0.15, 0.2) is 0 Å². The van der Waals surface area contributed by atoms with Crippen LogP contribution in [0.1, 0.15) is 51.9 Å². The smallest absolute Gasteiger partial charge is 0.241 e. The lowest BCUT2D eigenvalue weighted by molar-refractivity contribution is -0.138. The number of carbonyl (C=O) groups excluding carboxylic acids is 1. The van der Waals surface area contributed by atoms with Crippen LogP contribution in [-0.2, 0) is 4.79 Å². The van der Waals surface area contributed by atoms with Crippen molar-refractivity contribution >= 4 is 5.91 Å². The molecule has 0 bridgehead atoms. The predicted molar refractivity (Wildman–Crippen MR) is 74.4 cm³/mol. The second kappa shape index (κ2) is 6.38. The van der Waals surface area contributed by atoms with E-state index in [4.69, 9.17) is 5.26 Å². The van der Waals surface area contributed by atoms with Gasteiger partial charge in [-0.2, -0.15) is 5.26 Å². The third-order valence-corrected chi connectivity index (χ3v) is 4.84. The standard InChI is InChI=1S/C15H25N3O/c1-12-9-11-18(13-6-4-3-5-7-13)15(19)14(8-10-16)17(12)2/h12-14H,3-9,11H2,1-2H3. The fourth-order valence-electron chi connectivity index (χ4n) is 3.39. The highest BCUT2D eigenvalue weighted by atomic mass is 16.2. The fraction of sp³-hybridized carbons (Fsp3) is 0.867. The Morgan fingerprint density at radius 2 is 1.95 bits per heavy atom. The number of nitriles is 1. The van der Waals surface area contributed by atoms with Crippen molar-refractivity contribution in [1.82, 2.24) is 9.80 Å². The van der Waals surface area contributed by atoms with Gasteiger partial charge < -0.3 is 4.90 Å². The van der Waals surface area contributed by atoms with Crippen molar-refractivity contribution in [2.75, 3.05) is 13.6 Å². The van der Waals surface area contributed by atoms with E-state index in [9.17, 15) is 4.79 Å². The molecule has 2 fully saturated rings. The third-order valence-electron chi connectivity index (χ3n) is 4.84. The van der Waals surface area contributed by atoms with Gasteiger partial charge in [-0.05, 0) is 33.2 Å². The monoisotopic (exact) mass is 263 g/mol. The summed E-state index contributed by atoms with van der Waals surface area (Å²) in [6.45, 7) is 3.01. The van der Waals surface area contributed by atoms with Crippen LogP contribution in [0.4, 0.5) is 0 Å². The van der Waals surface area contributed by atoms with Crippen LogP contribution in [0.25, 0.3) is 0 Å². The van der Waals surface area contributed by atoms with Gasteiger partial charge in [-0.3, -0.25) is 9.69 Å². The van der Waals surface area contributed by atoms with Gasteiger partial charge in [0.15, 0.2) is 0 Å². The van der Waals surface area contributed by atoms with Crippen molar-refractivity contribution in [3.63, 3.8) is 0 Å². The van der Waals surface area contributed by atoms with E-state index in [0.29, 0.717) is 18.5 Å². The molecule has 1 amide bonds. The van der Waals surface area contributed by atoms with Crippen LogP contribution in [0.3, 0.4) is 0 Å². The summed E-state index contributed by atoms with van der Waals surface area (Å²) in [5.74, 6) is 0.181. The Labute approximate surface area is 116 Å². The van der Waals surface area contributed by atoms with Crippen LogP contribution < -0.4 is 0 Å². The summed E-state index contributed by atoms with van der Waals surface area (Å²) >= 11 is 0. The van der Waals surface area contributed by atoms with Gasteiger partial charge in [0.1, 0.15) is 6.04 Å². The molecule has 0 aromatic rings. The average Bonchev–Trinajstić information content (AvgIpc) is 2.53. The molecule has 4 heteroatoms. The Balaban J connectivity index is 2.15. The topological polar surface area (TPSA) is 47.3 Å². The van der Waals surface area contributed by atoms with Crippen molar-refractivity contribution < 1.29 is 4.79 Å². The van der Waals surface area contributed by atoms with Crippen molar-refractivity contribution in [2.45, 2.75) is 70.0 Å². The number of hydrogen-bond acceptors (Lipinski definition) is 3. The Morgan fingerprint density at radius 3 is 2.58 bits per heavy atom. The average molecular weight is 263 g/mol. The van der Waals surface area contributed by atoms with E-state index in [0.717, 1.165) is 25.8 Å². The molecule has 19 heavy (non-hydrogen) atoms. The lowest BCUT2D eigenvalue weighted by Gasteiger charge is -2.35. The molecule has 1 aliphatic carbocycles. The SMILES string of the molecule is CC1CCN(C2CCCCC2)C(=O)C(CC#N)N1C. The van der Waals surface area contributed by atoms with Gasteiger partial charge in [0.2, 0.25) is 5.91 Å².